The number of carboxylic acids is 1. The highest BCUT2D eigenvalue weighted by molar-refractivity contribution is 5.79. The largest absolute Gasteiger partial charge is 0.478 e. The quantitative estimate of drug-likeness (QED) is 0.624. The van der Waals surface area contributed by atoms with E-state index in [1.165, 1.54) is 11.6 Å². The molecule has 0 atom stereocenters. The molecule has 1 aliphatic rings. The van der Waals surface area contributed by atoms with E-state index in [1.54, 1.807) is 6.08 Å². The van der Waals surface area contributed by atoms with Gasteiger partial charge in [-0.05, 0) is 12.8 Å². The van der Waals surface area contributed by atoms with Crippen molar-refractivity contribution in [1.29, 1.82) is 0 Å². The Morgan fingerprint density at radius 1 is 1.73 bits per heavy atom. The molecule has 0 radical (unpaired) electrons. The second-order valence-corrected chi connectivity index (χ2v) is 2.40. The van der Waals surface area contributed by atoms with Crippen LogP contribution < -0.4 is 0 Å². The number of hydrogen-bond donors (Lipinski definition) is 1. The SMILES string of the molecule is O=C(O)/C=C/CC1=CC=CC1. The van der Waals surface area contributed by atoms with E-state index in [9.17, 15) is 4.79 Å². The summed E-state index contributed by atoms with van der Waals surface area (Å²) in [4.78, 5) is 10.1. The first-order valence-corrected chi connectivity index (χ1v) is 3.53. The minimum Gasteiger partial charge on any atom is -0.478 e. The summed E-state index contributed by atoms with van der Waals surface area (Å²) in [6.07, 6.45) is 10.6. The molecular formula is C9H10O2. The zero-order valence-corrected chi connectivity index (χ0v) is 6.16. The molecule has 0 bridgehead atoms. The number of carbonyl (C=O) groups is 1. The summed E-state index contributed by atoms with van der Waals surface area (Å²) in [5.41, 5.74) is 1.27. The Balaban J connectivity index is 2.28. The normalized spacial score (nSPS) is 15.8. The highest BCUT2D eigenvalue weighted by atomic mass is 16.4. The van der Waals surface area contributed by atoms with Gasteiger partial charge in [0.05, 0.1) is 0 Å². The van der Waals surface area contributed by atoms with Crippen molar-refractivity contribution in [1.82, 2.24) is 0 Å². The van der Waals surface area contributed by atoms with Gasteiger partial charge in [-0.1, -0.05) is 29.9 Å². The molecule has 1 aliphatic carbocycles. The van der Waals surface area contributed by atoms with Gasteiger partial charge in [0.25, 0.3) is 0 Å². The van der Waals surface area contributed by atoms with Gasteiger partial charge in [-0.25, -0.2) is 4.79 Å². The lowest BCUT2D eigenvalue weighted by molar-refractivity contribution is -0.131. The van der Waals surface area contributed by atoms with Crippen molar-refractivity contribution in [2.45, 2.75) is 12.8 Å². The Morgan fingerprint density at radius 3 is 3.09 bits per heavy atom. The molecule has 0 spiro atoms. The second kappa shape index (κ2) is 3.76. The summed E-state index contributed by atoms with van der Waals surface area (Å²) in [7, 11) is 0. The molecule has 1 N–H and O–H groups in total. The van der Waals surface area contributed by atoms with Crippen LogP contribution in [-0.4, -0.2) is 11.1 Å². The Hall–Kier alpha value is -1.31. The van der Waals surface area contributed by atoms with Crippen LogP contribution in [0.2, 0.25) is 0 Å². The van der Waals surface area contributed by atoms with Crippen molar-refractivity contribution in [3.63, 3.8) is 0 Å². The molecule has 0 heterocycles. The standard InChI is InChI=1S/C9H10O2/c10-9(11)7-3-6-8-4-1-2-5-8/h1-4,7H,5-6H2,(H,10,11)/b7-3+. The monoisotopic (exact) mass is 150 g/mol. The lowest BCUT2D eigenvalue weighted by Crippen LogP contribution is -1.85. The van der Waals surface area contributed by atoms with Gasteiger partial charge in [-0.15, -0.1) is 0 Å². The highest BCUT2D eigenvalue weighted by Gasteiger charge is 1.95. The highest BCUT2D eigenvalue weighted by Crippen LogP contribution is 2.14. The van der Waals surface area contributed by atoms with Crippen molar-refractivity contribution < 1.29 is 9.90 Å². The van der Waals surface area contributed by atoms with Crippen molar-refractivity contribution in [2.24, 2.45) is 0 Å². The topological polar surface area (TPSA) is 37.3 Å². The van der Waals surface area contributed by atoms with E-state index in [-0.39, 0.29) is 0 Å². The zero-order valence-electron chi connectivity index (χ0n) is 6.16. The van der Waals surface area contributed by atoms with Crippen LogP contribution in [0.25, 0.3) is 0 Å². The summed E-state index contributed by atoms with van der Waals surface area (Å²) >= 11 is 0. The van der Waals surface area contributed by atoms with E-state index < -0.39 is 5.97 Å². The maximum atomic E-state index is 10.1. The molecule has 0 aromatic heterocycles. The van der Waals surface area contributed by atoms with Crippen molar-refractivity contribution in [2.75, 3.05) is 0 Å². The van der Waals surface area contributed by atoms with E-state index in [0.717, 1.165) is 12.8 Å². The Kier molecular flexibility index (Phi) is 2.66. The molecule has 1 rings (SSSR count). The van der Waals surface area contributed by atoms with E-state index >= 15 is 0 Å². The van der Waals surface area contributed by atoms with Crippen molar-refractivity contribution >= 4 is 5.97 Å². The van der Waals surface area contributed by atoms with Gasteiger partial charge < -0.3 is 5.11 Å². The summed E-state index contributed by atoms with van der Waals surface area (Å²) in [6.45, 7) is 0. The van der Waals surface area contributed by atoms with Crippen LogP contribution in [0.5, 0.6) is 0 Å². The Labute approximate surface area is 65.5 Å². The molecule has 0 fully saturated rings. The number of allylic oxidation sites excluding steroid dienone is 5. The minimum atomic E-state index is -0.878. The van der Waals surface area contributed by atoms with Gasteiger partial charge in [0, 0.05) is 6.08 Å². The smallest absolute Gasteiger partial charge is 0.327 e. The first-order chi connectivity index (χ1) is 5.29. The second-order valence-electron chi connectivity index (χ2n) is 2.40. The minimum absolute atomic E-state index is 0.749. The molecule has 0 aliphatic heterocycles. The number of aliphatic carboxylic acids is 1. The molecule has 0 saturated carbocycles. The van der Waals surface area contributed by atoms with Crippen LogP contribution in [0.4, 0.5) is 0 Å². The number of hydrogen-bond acceptors (Lipinski definition) is 1. The summed E-state index contributed by atoms with van der Waals surface area (Å²) < 4.78 is 0. The molecule has 0 aromatic carbocycles. The fourth-order valence-corrected chi connectivity index (χ4v) is 0.954. The molecule has 2 nitrogen and oxygen atoms in total. The fraction of sp³-hybridized carbons (Fsp3) is 0.222. The Bertz CT molecular complexity index is 234. The van der Waals surface area contributed by atoms with Crippen LogP contribution in [0.3, 0.4) is 0 Å². The molecule has 11 heavy (non-hydrogen) atoms. The van der Waals surface area contributed by atoms with E-state index in [1.807, 2.05) is 12.2 Å². The molecule has 0 amide bonds. The molecule has 58 valence electrons. The molecule has 0 saturated heterocycles. The van der Waals surface area contributed by atoms with Crippen LogP contribution >= 0.6 is 0 Å². The summed E-state index contributed by atoms with van der Waals surface area (Å²) in [5, 5.41) is 8.27. The average Bonchev–Trinajstić information content (AvgIpc) is 2.39. The number of rotatable bonds is 3. The third kappa shape index (κ3) is 2.85. The lowest BCUT2D eigenvalue weighted by Gasteiger charge is -1.92. The summed E-state index contributed by atoms with van der Waals surface area (Å²) in [5.74, 6) is -0.878. The molecule has 0 aromatic rings. The van der Waals surface area contributed by atoms with Gasteiger partial charge in [0.2, 0.25) is 0 Å². The predicted octanol–water partition coefficient (Wildman–Crippen LogP) is 1.90. The van der Waals surface area contributed by atoms with Crippen LogP contribution in [0, 0.1) is 0 Å². The van der Waals surface area contributed by atoms with Gasteiger partial charge in [-0.2, -0.15) is 0 Å². The molecular weight excluding hydrogens is 140 g/mol. The zero-order chi connectivity index (χ0) is 8.10. The van der Waals surface area contributed by atoms with Crippen molar-refractivity contribution in [3.8, 4) is 0 Å². The Morgan fingerprint density at radius 2 is 2.55 bits per heavy atom. The van der Waals surface area contributed by atoms with E-state index in [4.69, 9.17) is 5.11 Å². The maximum Gasteiger partial charge on any atom is 0.327 e. The third-order valence-electron chi connectivity index (χ3n) is 1.49. The van der Waals surface area contributed by atoms with Gasteiger partial charge in [0.1, 0.15) is 0 Å². The van der Waals surface area contributed by atoms with Gasteiger partial charge >= 0.3 is 5.97 Å². The fourth-order valence-electron chi connectivity index (χ4n) is 0.954. The first kappa shape index (κ1) is 7.79. The summed E-state index contributed by atoms with van der Waals surface area (Å²) in [6, 6.07) is 0. The van der Waals surface area contributed by atoms with Crippen LogP contribution in [0.1, 0.15) is 12.8 Å². The number of carboxylic acid groups (broad SMARTS) is 1. The lowest BCUT2D eigenvalue weighted by atomic mass is 10.1. The van der Waals surface area contributed by atoms with E-state index in [2.05, 4.69) is 6.08 Å². The first-order valence-electron chi connectivity index (χ1n) is 3.53. The third-order valence-corrected chi connectivity index (χ3v) is 1.49. The van der Waals surface area contributed by atoms with Gasteiger partial charge in [0.15, 0.2) is 0 Å². The average molecular weight is 150 g/mol. The van der Waals surface area contributed by atoms with Crippen molar-refractivity contribution in [3.05, 3.63) is 36.0 Å². The molecule has 0 unspecified atom stereocenters. The maximum absolute atomic E-state index is 10.1. The predicted molar refractivity (Wildman–Crippen MR) is 43.2 cm³/mol. The molecule has 2 heteroatoms. The van der Waals surface area contributed by atoms with Gasteiger partial charge in [-0.3, -0.25) is 0 Å². The van der Waals surface area contributed by atoms with Crippen LogP contribution in [-0.2, 0) is 4.79 Å². The van der Waals surface area contributed by atoms with E-state index in [0.29, 0.717) is 0 Å². The van der Waals surface area contributed by atoms with Crippen LogP contribution in [0.15, 0.2) is 36.0 Å².